The van der Waals surface area contributed by atoms with Crippen molar-refractivity contribution >= 4 is 12.7 Å². The highest BCUT2D eigenvalue weighted by molar-refractivity contribution is 5.62. The second-order valence-electron chi connectivity index (χ2n) is 7.53. The van der Waals surface area contributed by atoms with E-state index in [4.69, 9.17) is 4.74 Å². The smallest absolute Gasteiger partial charge is 0.207 e. The van der Waals surface area contributed by atoms with Gasteiger partial charge in [0.1, 0.15) is 6.29 Å². The summed E-state index contributed by atoms with van der Waals surface area (Å²) < 4.78 is 5.91. The number of fused-ring (bicyclic) bond motifs is 1. The lowest BCUT2D eigenvalue weighted by Crippen LogP contribution is -2.48. The molecule has 3 aliphatic rings. The Bertz CT molecular complexity index is 482. The molecule has 5 unspecified atom stereocenters. The fourth-order valence-corrected chi connectivity index (χ4v) is 4.15. The van der Waals surface area contributed by atoms with Crippen molar-refractivity contribution in [1.82, 2.24) is 10.2 Å². The Kier molecular flexibility index (Phi) is 3.79. The van der Waals surface area contributed by atoms with E-state index in [2.05, 4.69) is 30.6 Å². The first-order valence-electron chi connectivity index (χ1n) is 8.17. The molecule has 122 valence electrons. The van der Waals surface area contributed by atoms with Crippen LogP contribution in [-0.2, 0) is 14.3 Å². The second kappa shape index (κ2) is 5.37. The summed E-state index contributed by atoms with van der Waals surface area (Å²) in [6.07, 6.45) is 4.08. The molecule has 2 aliphatic carbocycles. The van der Waals surface area contributed by atoms with E-state index in [1.807, 2.05) is 6.92 Å². The molecule has 0 aromatic carbocycles. The lowest BCUT2D eigenvalue weighted by atomic mass is 9.99. The van der Waals surface area contributed by atoms with Gasteiger partial charge < -0.3 is 19.7 Å². The average Bonchev–Trinajstić information content (AvgIpc) is 3.31. The molecule has 22 heavy (non-hydrogen) atoms. The van der Waals surface area contributed by atoms with Crippen LogP contribution in [0.15, 0.2) is 12.3 Å². The van der Waals surface area contributed by atoms with E-state index in [0.29, 0.717) is 24.3 Å². The summed E-state index contributed by atoms with van der Waals surface area (Å²) >= 11 is 0. The second-order valence-corrected chi connectivity index (χ2v) is 7.53. The molecule has 5 atom stereocenters. The average molecular weight is 306 g/mol. The topological polar surface area (TPSA) is 58.6 Å². The minimum atomic E-state index is -0.277. The molecular weight excluding hydrogens is 280 g/mol. The van der Waals surface area contributed by atoms with Crippen molar-refractivity contribution in [3.8, 4) is 0 Å². The highest BCUT2D eigenvalue weighted by atomic mass is 16.5. The van der Waals surface area contributed by atoms with Crippen LogP contribution < -0.4 is 5.32 Å². The van der Waals surface area contributed by atoms with Crippen LogP contribution in [-0.4, -0.2) is 48.4 Å². The number of nitrogens with one attached hydrogen (secondary N) is 1. The number of amides is 1. The first kappa shape index (κ1) is 15.5. The van der Waals surface area contributed by atoms with Crippen molar-refractivity contribution in [2.45, 2.75) is 57.9 Å². The van der Waals surface area contributed by atoms with Crippen molar-refractivity contribution < 1.29 is 14.3 Å². The Hall–Kier alpha value is -1.36. The third kappa shape index (κ3) is 2.45. The van der Waals surface area contributed by atoms with E-state index in [-0.39, 0.29) is 23.6 Å². The molecule has 5 heteroatoms. The molecule has 0 radical (unpaired) electrons. The number of hydrogen-bond acceptors (Lipinski definition) is 4. The zero-order chi connectivity index (χ0) is 16.1. The third-order valence-corrected chi connectivity index (χ3v) is 5.78. The van der Waals surface area contributed by atoms with Crippen LogP contribution >= 0.6 is 0 Å². The van der Waals surface area contributed by atoms with E-state index in [1.54, 1.807) is 0 Å². The zero-order valence-corrected chi connectivity index (χ0v) is 13.6. The maximum atomic E-state index is 11.6. The van der Waals surface area contributed by atoms with E-state index in [1.165, 1.54) is 0 Å². The molecule has 0 aromatic heterocycles. The van der Waals surface area contributed by atoms with Gasteiger partial charge in [0.15, 0.2) is 0 Å². The van der Waals surface area contributed by atoms with Crippen molar-refractivity contribution in [3.63, 3.8) is 0 Å². The van der Waals surface area contributed by atoms with Gasteiger partial charge in [-0.25, -0.2) is 0 Å². The van der Waals surface area contributed by atoms with Crippen molar-refractivity contribution in [1.29, 1.82) is 0 Å². The number of piperidine rings is 1. The van der Waals surface area contributed by atoms with Gasteiger partial charge in [0.2, 0.25) is 6.41 Å². The fourth-order valence-electron chi connectivity index (χ4n) is 4.15. The van der Waals surface area contributed by atoms with Crippen molar-refractivity contribution in [2.75, 3.05) is 6.54 Å². The van der Waals surface area contributed by atoms with Gasteiger partial charge in [0.05, 0.1) is 24.3 Å². The summed E-state index contributed by atoms with van der Waals surface area (Å²) in [5, 5.41) is 2.82. The minimum absolute atomic E-state index is 0.128. The van der Waals surface area contributed by atoms with Crippen LogP contribution in [0.25, 0.3) is 0 Å². The summed E-state index contributed by atoms with van der Waals surface area (Å²) in [4.78, 5) is 24.6. The Balaban J connectivity index is 1.70. The van der Waals surface area contributed by atoms with Crippen LogP contribution in [0.3, 0.4) is 0 Å². The number of carbonyl (C=O) groups is 2. The van der Waals surface area contributed by atoms with Gasteiger partial charge in [-0.2, -0.15) is 0 Å². The Morgan fingerprint density at radius 2 is 2.09 bits per heavy atom. The summed E-state index contributed by atoms with van der Waals surface area (Å²) in [5.74, 6) is 0.939. The maximum Gasteiger partial charge on any atom is 0.207 e. The molecule has 0 bridgehead atoms. The summed E-state index contributed by atoms with van der Waals surface area (Å²) in [6, 6.07) is -0.405. The van der Waals surface area contributed by atoms with Gasteiger partial charge in [-0.15, -0.1) is 0 Å². The lowest BCUT2D eigenvalue weighted by Gasteiger charge is -2.36. The van der Waals surface area contributed by atoms with E-state index >= 15 is 0 Å². The Labute approximate surface area is 132 Å². The number of nitrogens with zero attached hydrogens (tertiary/aromatic N) is 1. The number of carbonyl (C=O) groups excluding carboxylic acids is 2. The van der Waals surface area contributed by atoms with E-state index in [0.717, 1.165) is 31.4 Å². The Morgan fingerprint density at radius 1 is 1.41 bits per heavy atom. The largest absolute Gasteiger partial charge is 0.373 e. The summed E-state index contributed by atoms with van der Waals surface area (Å²) in [6.45, 7) is 11.4. The lowest BCUT2D eigenvalue weighted by molar-refractivity contribution is -0.112. The van der Waals surface area contributed by atoms with Crippen LogP contribution in [0, 0.1) is 17.3 Å². The van der Waals surface area contributed by atoms with Gasteiger partial charge in [-0.3, -0.25) is 4.79 Å². The molecule has 2 saturated carbocycles. The van der Waals surface area contributed by atoms with Gasteiger partial charge in [0, 0.05) is 12.2 Å². The predicted octanol–water partition coefficient (Wildman–Crippen LogP) is 1.34. The molecule has 3 fully saturated rings. The van der Waals surface area contributed by atoms with Crippen molar-refractivity contribution in [2.24, 2.45) is 17.3 Å². The molecule has 0 spiro atoms. The predicted molar refractivity (Wildman–Crippen MR) is 83.0 cm³/mol. The van der Waals surface area contributed by atoms with Crippen LogP contribution in [0.5, 0.6) is 0 Å². The number of hydrogen-bond donors (Lipinski definition) is 1. The monoisotopic (exact) mass is 306 g/mol. The molecule has 0 aromatic rings. The minimum Gasteiger partial charge on any atom is -0.373 e. The standard InChI is InChI=1S/C17H26N2O3/c1-10(16(18-9-21)11(2)22-12-5-6-12)19-7-13-15(14(19)8-20)17(13,3)4/h8-9,11-16H,1,5-7H2,2-4H3,(H,18,21). The fraction of sp³-hybridized carbons (Fsp3) is 0.765. The van der Waals surface area contributed by atoms with Crippen LogP contribution in [0.4, 0.5) is 0 Å². The van der Waals surface area contributed by atoms with Gasteiger partial charge in [-0.1, -0.05) is 20.4 Å². The normalized spacial score (nSPS) is 34.5. The number of rotatable bonds is 8. The van der Waals surface area contributed by atoms with E-state index in [9.17, 15) is 9.59 Å². The number of likely N-dealkylation sites (tertiary alicyclic amines) is 1. The van der Waals surface area contributed by atoms with Gasteiger partial charge in [-0.05, 0) is 37.0 Å². The van der Waals surface area contributed by atoms with Crippen LogP contribution in [0.2, 0.25) is 0 Å². The molecule has 1 N–H and O–H groups in total. The molecule has 1 heterocycles. The quantitative estimate of drug-likeness (QED) is 0.688. The molecular formula is C17H26N2O3. The molecule has 1 aliphatic heterocycles. The van der Waals surface area contributed by atoms with Crippen LogP contribution in [0.1, 0.15) is 33.6 Å². The third-order valence-electron chi connectivity index (χ3n) is 5.78. The first-order chi connectivity index (χ1) is 10.4. The molecule has 5 nitrogen and oxygen atoms in total. The number of aldehydes is 1. The zero-order valence-electron chi connectivity index (χ0n) is 13.6. The highest BCUT2D eigenvalue weighted by Crippen LogP contribution is 2.65. The number of ether oxygens (including phenoxy) is 1. The maximum absolute atomic E-state index is 11.6. The Morgan fingerprint density at radius 3 is 2.64 bits per heavy atom. The SMILES string of the molecule is C=C(C(NC=O)C(C)OC1CC1)N1CC2C(C1C=O)C2(C)C. The summed E-state index contributed by atoms with van der Waals surface area (Å²) in [5.41, 5.74) is 1.03. The van der Waals surface area contributed by atoms with Gasteiger partial charge >= 0.3 is 0 Å². The van der Waals surface area contributed by atoms with Gasteiger partial charge in [0.25, 0.3) is 0 Å². The molecule has 1 saturated heterocycles. The summed E-state index contributed by atoms with van der Waals surface area (Å²) in [7, 11) is 0. The molecule has 3 rings (SSSR count). The highest BCUT2D eigenvalue weighted by Gasteiger charge is 2.67. The van der Waals surface area contributed by atoms with Crippen molar-refractivity contribution in [3.05, 3.63) is 12.3 Å². The first-order valence-corrected chi connectivity index (χ1v) is 8.17. The molecule has 1 amide bonds. The van der Waals surface area contributed by atoms with E-state index < -0.39 is 0 Å².